The van der Waals surface area contributed by atoms with Crippen LogP contribution < -0.4 is 10.6 Å². The second-order valence-electron chi connectivity index (χ2n) is 7.66. The molecule has 2 aliphatic heterocycles. The average Bonchev–Trinajstić information content (AvgIpc) is 2.89. The Morgan fingerprint density at radius 3 is 2.31 bits per heavy atom. The molecule has 0 aromatic carbocycles. The fraction of sp³-hybridized carbons (Fsp3) is 0.875. The average molecular weight is 401 g/mol. The molecule has 2 rings (SSSR count). The van der Waals surface area contributed by atoms with Crippen LogP contribution in [0.2, 0.25) is 0 Å². The van der Waals surface area contributed by atoms with Crippen molar-refractivity contribution >= 4 is 24.2 Å². The number of likely N-dealkylation sites (tertiary alicyclic amines) is 1. The number of hydrogen-bond acceptors (Lipinski definition) is 4. The lowest BCUT2D eigenvalue weighted by molar-refractivity contribution is -0.184. The number of nitrogens with zero attached hydrogens (tertiary/aromatic N) is 2. The molecule has 0 saturated carbocycles. The first kappa shape index (κ1) is 23.0. The second kappa shape index (κ2) is 8.75. The highest BCUT2D eigenvalue weighted by atomic mass is 35.5. The van der Waals surface area contributed by atoms with Crippen LogP contribution in [-0.2, 0) is 9.59 Å². The number of carbonyl (C=O) groups excluding carboxylic acids is 2. The van der Waals surface area contributed by atoms with Crippen molar-refractivity contribution < 1.29 is 22.8 Å². The SMILES string of the molecule is CC(C)(C)N1CC(C(=O)NCC(N2CCNCC2)C(F)(F)F)CC1=O.Cl. The van der Waals surface area contributed by atoms with Crippen LogP contribution in [0, 0.1) is 5.92 Å². The number of nitrogens with one attached hydrogen (secondary N) is 2. The predicted molar refractivity (Wildman–Crippen MR) is 94.1 cm³/mol. The van der Waals surface area contributed by atoms with Gasteiger partial charge in [0.15, 0.2) is 0 Å². The molecule has 26 heavy (non-hydrogen) atoms. The highest BCUT2D eigenvalue weighted by Crippen LogP contribution is 2.27. The lowest BCUT2D eigenvalue weighted by atomic mass is 10.1. The zero-order valence-electron chi connectivity index (χ0n) is 15.4. The van der Waals surface area contributed by atoms with Crippen molar-refractivity contribution in [3.63, 3.8) is 0 Å². The van der Waals surface area contributed by atoms with E-state index in [2.05, 4.69) is 10.6 Å². The molecule has 152 valence electrons. The van der Waals surface area contributed by atoms with Crippen molar-refractivity contribution in [1.82, 2.24) is 20.4 Å². The van der Waals surface area contributed by atoms with E-state index in [0.717, 1.165) is 0 Å². The number of piperazine rings is 1. The number of halogens is 4. The number of amides is 2. The van der Waals surface area contributed by atoms with E-state index in [9.17, 15) is 22.8 Å². The molecule has 2 unspecified atom stereocenters. The van der Waals surface area contributed by atoms with Crippen LogP contribution in [0.4, 0.5) is 13.2 Å². The van der Waals surface area contributed by atoms with Crippen molar-refractivity contribution in [2.75, 3.05) is 39.3 Å². The third kappa shape index (κ3) is 5.72. The van der Waals surface area contributed by atoms with Gasteiger partial charge in [-0.15, -0.1) is 12.4 Å². The standard InChI is InChI=1S/C16H27F3N4O2.ClH/c1-15(2,3)23-10-11(8-13(23)24)14(25)21-9-12(16(17,18)19)22-6-4-20-5-7-22;/h11-12,20H,4-10H2,1-3H3,(H,21,25);1H. The summed E-state index contributed by atoms with van der Waals surface area (Å²) in [5.74, 6) is -1.21. The Balaban J connectivity index is 0.00000338. The van der Waals surface area contributed by atoms with E-state index in [1.165, 1.54) is 4.90 Å². The lowest BCUT2D eigenvalue weighted by Gasteiger charge is -2.36. The van der Waals surface area contributed by atoms with Gasteiger partial charge in [-0.1, -0.05) is 0 Å². The Hall–Kier alpha value is -1.06. The third-order valence-electron chi connectivity index (χ3n) is 4.75. The molecular formula is C16H28ClF3N4O2. The first-order valence-corrected chi connectivity index (χ1v) is 8.60. The van der Waals surface area contributed by atoms with Crippen molar-refractivity contribution in [2.24, 2.45) is 5.92 Å². The molecular weight excluding hydrogens is 373 g/mol. The van der Waals surface area contributed by atoms with E-state index in [0.29, 0.717) is 26.2 Å². The lowest BCUT2D eigenvalue weighted by Crippen LogP contribution is -2.58. The van der Waals surface area contributed by atoms with Crippen LogP contribution >= 0.6 is 12.4 Å². The number of carbonyl (C=O) groups is 2. The molecule has 2 N–H and O–H groups in total. The number of rotatable bonds is 4. The van der Waals surface area contributed by atoms with Gasteiger partial charge in [-0.3, -0.25) is 14.5 Å². The van der Waals surface area contributed by atoms with Gasteiger partial charge < -0.3 is 15.5 Å². The van der Waals surface area contributed by atoms with Crippen molar-refractivity contribution in [1.29, 1.82) is 0 Å². The molecule has 2 heterocycles. The highest BCUT2D eigenvalue weighted by molar-refractivity contribution is 5.89. The molecule has 0 aromatic heterocycles. The van der Waals surface area contributed by atoms with Crippen LogP contribution in [0.3, 0.4) is 0 Å². The number of hydrogen-bond donors (Lipinski definition) is 2. The van der Waals surface area contributed by atoms with Gasteiger partial charge in [0.1, 0.15) is 6.04 Å². The Kier molecular flexibility index (Phi) is 7.74. The maximum atomic E-state index is 13.3. The summed E-state index contributed by atoms with van der Waals surface area (Å²) < 4.78 is 40.0. The van der Waals surface area contributed by atoms with E-state index < -0.39 is 36.1 Å². The molecule has 0 aromatic rings. The Bertz CT molecular complexity index is 505. The van der Waals surface area contributed by atoms with Crippen LogP contribution in [0.25, 0.3) is 0 Å². The zero-order chi connectivity index (χ0) is 18.8. The van der Waals surface area contributed by atoms with Gasteiger partial charge in [-0.05, 0) is 20.8 Å². The van der Waals surface area contributed by atoms with Gasteiger partial charge in [0, 0.05) is 51.2 Å². The molecule has 2 saturated heterocycles. The Morgan fingerprint density at radius 1 is 1.27 bits per heavy atom. The van der Waals surface area contributed by atoms with Crippen LogP contribution in [0.15, 0.2) is 0 Å². The minimum absolute atomic E-state index is 0. The summed E-state index contributed by atoms with van der Waals surface area (Å²) in [7, 11) is 0. The zero-order valence-corrected chi connectivity index (χ0v) is 16.2. The molecule has 2 fully saturated rings. The maximum absolute atomic E-state index is 13.3. The largest absolute Gasteiger partial charge is 0.405 e. The van der Waals surface area contributed by atoms with Gasteiger partial charge in [0.05, 0.1) is 5.92 Å². The smallest absolute Gasteiger partial charge is 0.354 e. The fourth-order valence-electron chi connectivity index (χ4n) is 3.32. The van der Waals surface area contributed by atoms with Crippen LogP contribution in [0.5, 0.6) is 0 Å². The topological polar surface area (TPSA) is 64.7 Å². The molecule has 0 spiro atoms. The van der Waals surface area contributed by atoms with Crippen LogP contribution in [-0.4, -0.2) is 78.6 Å². The van der Waals surface area contributed by atoms with Crippen molar-refractivity contribution in [3.05, 3.63) is 0 Å². The van der Waals surface area contributed by atoms with E-state index in [1.54, 1.807) is 4.90 Å². The fourth-order valence-corrected chi connectivity index (χ4v) is 3.32. The van der Waals surface area contributed by atoms with E-state index in [1.807, 2.05) is 20.8 Å². The minimum atomic E-state index is -4.41. The van der Waals surface area contributed by atoms with E-state index in [-0.39, 0.29) is 31.3 Å². The molecule has 2 atom stereocenters. The minimum Gasteiger partial charge on any atom is -0.354 e. The van der Waals surface area contributed by atoms with E-state index >= 15 is 0 Å². The van der Waals surface area contributed by atoms with Gasteiger partial charge in [0.2, 0.25) is 11.8 Å². The summed E-state index contributed by atoms with van der Waals surface area (Å²) in [6.45, 7) is 6.96. The summed E-state index contributed by atoms with van der Waals surface area (Å²) in [5, 5.41) is 5.44. The Morgan fingerprint density at radius 2 is 1.85 bits per heavy atom. The normalized spacial score (nSPS) is 23.5. The molecule has 10 heteroatoms. The van der Waals surface area contributed by atoms with Gasteiger partial charge in [-0.25, -0.2) is 0 Å². The third-order valence-corrected chi connectivity index (χ3v) is 4.75. The maximum Gasteiger partial charge on any atom is 0.405 e. The summed E-state index contributed by atoms with van der Waals surface area (Å²) in [6, 6.07) is -1.70. The molecule has 6 nitrogen and oxygen atoms in total. The molecule has 0 radical (unpaired) electrons. The summed E-state index contributed by atoms with van der Waals surface area (Å²) >= 11 is 0. The summed E-state index contributed by atoms with van der Waals surface area (Å²) in [6.07, 6.45) is -4.36. The molecule has 0 aliphatic carbocycles. The monoisotopic (exact) mass is 400 g/mol. The van der Waals surface area contributed by atoms with Crippen LogP contribution in [0.1, 0.15) is 27.2 Å². The quantitative estimate of drug-likeness (QED) is 0.739. The summed E-state index contributed by atoms with van der Waals surface area (Å²) in [5.41, 5.74) is -0.401. The molecule has 2 amide bonds. The molecule has 2 aliphatic rings. The van der Waals surface area contributed by atoms with Gasteiger partial charge in [0.25, 0.3) is 0 Å². The molecule has 0 bridgehead atoms. The second-order valence-corrected chi connectivity index (χ2v) is 7.66. The number of alkyl halides is 3. The predicted octanol–water partition coefficient (Wildman–Crippen LogP) is 1.01. The van der Waals surface area contributed by atoms with Crippen molar-refractivity contribution in [3.8, 4) is 0 Å². The van der Waals surface area contributed by atoms with E-state index in [4.69, 9.17) is 0 Å². The first-order chi connectivity index (χ1) is 11.5. The Labute approximate surface area is 158 Å². The summed E-state index contributed by atoms with van der Waals surface area (Å²) in [4.78, 5) is 27.3. The van der Waals surface area contributed by atoms with Crippen molar-refractivity contribution in [2.45, 2.75) is 44.9 Å². The van der Waals surface area contributed by atoms with Gasteiger partial charge in [-0.2, -0.15) is 13.2 Å². The first-order valence-electron chi connectivity index (χ1n) is 8.60. The highest BCUT2D eigenvalue weighted by Gasteiger charge is 2.45. The van der Waals surface area contributed by atoms with Gasteiger partial charge >= 0.3 is 6.18 Å².